The van der Waals surface area contributed by atoms with Crippen LogP contribution < -0.4 is 10.9 Å². The smallest absolute Gasteiger partial charge is 0.296 e. The highest BCUT2D eigenvalue weighted by Crippen LogP contribution is 2.18. The minimum atomic E-state index is -0.489. The standard InChI is InChI=1S/C24H20ClN5O3/c1-14-3-10-19-20(11-14)29(13-16-5-7-17(25)8-6-16)24(32)22-27-21(28-30(19)22)23(31)26-12-18-9-4-15(2)33-18/h3-11H,12-13H2,1-2H3,(H,26,31). The van der Waals surface area contributed by atoms with Crippen LogP contribution in [0.15, 0.2) is 63.8 Å². The Bertz CT molecular complexity index is 1560. The second kappa shape index (κ2) is 8.22. The SMILES string of the molecule is Cc1ccc2c(c1)n(Cc1ccc(Cl)cc1)c(=O)c1nc(C(=O)NCc3ccc(C)o3)nn12. The quantitative estimate of drug-likeness (QED) is 0.428. The van der Waals surface area contributed by atoms with Gasteiger partial charge in [0.1, 0.15) is 11.5 Å². The molecule has 9 heteroatoms. The molecule has 1 amide bonds. The van der Waals surface area contributed by atoms with Crippen molar-refractivity contribution in [3.8, 4) is 0 Å². The molecule has 0 aliphatic carbocycles. The van der Waals surface area contributed by atoms with E-state index in [0.717, 1.165) is 16.9 Å². The van der Waals surface area contributed by atoms with Crippen molar-refractivity contribution in [1.82, 2.24) is 24.5 Å². The van der Waals surface area contributed by atoms with E-state index in [1.54, 1.807) is 22.8 Å². The van der Waals surface area contributed by atoms with Gasteiger partial charge in [0.2, 0.25) is 11.5 Å². The lowest BCUT2D eigenvalue weighted by Crippen LogP contribution is -2.24. The number of fused-ring (bicyclic) bond motifs is 3. The molecule has 0 fully saturated rings. The van der Waals surface area contributed by atoms with Gasteiger partial charge in [-0.25, -0.2) is 4.52 Å². The molecular weight excluding hydrogens is 442 g/mol. The Balaban J connectivity index is 1.58. The fourth-order valence-corrected chi connectivity index (χ4v) is 3.86. The zero-order valence-electron chi connectivity index (χ0n) is 18.0. The van der Waals surface area contributed by atoms with E-state index in [-0.39, 0.29) is 23.6 Å². The largest absolute Gasteiger partial charge is 0.465 e. The fourth-order valence-electron chi connectivity index (χ4n) is 3.73. The number of amides is 1. The van der Waals surface area contributed by atoms with Crippen molar-refractivity contribution in [1.29, 1.82) is 0 Å². The van der Waals surface area contributed by atoms with Crippen molar-refractivity contribution in [2.24, 2.45) is 0 Å². The first-order valence-electron chi connectivity index (χ1n) is 10.4. The maximum Gasteiger partial charge on any atom is 0.296 e. The van der Waals surface area contributed by atoms with Crippen LogP contribution in [0.3, 0.4) is 0 Å². The molecule has 0 atom stereocenters. The van der Waals surface area contributed by atoms with Crippen LogP contribution >= 0.6 is 11.6 Å². The molecule has 166 valence electrons. The third kappa shape index (κ3) is 4.01. The van der Waals surface area contributed by atoms with Crippen LogP contribution in [0.4, 0.5) is 0 Å². The van der Waals surface area contributed by atoms with E-state index in [4.69, 9.17) is 16.0 Å². The van der Waals surface area contributed by atoms with Crippen molar-refractivity contribution in [3.05, 3.63) is 98.4 Å². The van der Waals surface area contributed by atoms with E-state index in [2.05, 4.69) is 15.4 Å². The molecule has 3 heterocycles. The summed E-state index contributed by atoms with van der Waals surface area (Å²) in [5.41, 5.74) is 3.04. The first-order valence-corrected chi connectivity index (χ1v) is 10.7. The molecule has 5 aromatic rings. The van der Waals surface area contributed by atoms with Crippen LogP contribution in [0, 0.1) is 13.8 Å². The van der Waals surface area contributed by atoms with Crippen LogP contribution in [-0.4, -0.2) is 25.1 Å². The molecule has 3 aromatic heterocycles. The Hall–Kier alpha value is -3.91. The van der Waals surface area contributed by atoms with Gasteiger partial charge in [0.15, 0.2) is 0 Å². The van der Waals surface area contributed by atoms with E-state index >= 15 is 0 Å². The highest BCUT2D eigenvalue weighted by molar-refractivity contribution is 6.30. The average Bonchev–Trinajstić information content (AvgIpc) is 3.43. The van der Waals surface area contributed by atoms with E-state index in [1.807, 2.05) is 50.2 Å². The number of rotatable bonds is 5. The van der Waals surface area contributed by atoms with Gasteiger partial charge in [-0.05, 0) is 61.4 Å². The third-order valence-electron chi connectivity index (χ3n) is 5.37. The minimum Gasteiger partial charge on any atom is -0.465 e. The molecule has 0 aliphatic rings. The monoisotopic (exact) mass is 461 g/mol. The number of nitrogens with zero attached hydrogens (tertiary/aromatic N) is 4. The third-order valence-corrected chi connectivity index (χ3v) is 5.62. The summed E-state index contributed by atoms with van der Waals surface area (Å²) in [5.74, 6) is 0.808. The molecule has 0 aliphatic heterocycles. The first-order chi connectivity index (χ1) is 15.9. The molecule has 0 saturated heterocycles. The predicted octanol–water partition coefficient (Wildman–Crippen LogP) is 3.89. The van der Waals surface area contributed by atoms with Gasteiger partial charge < -0.3 is 9.73 Å². The normalized spacial score (nSPS) is 11.4. The molecule has 33 heavy (non-hydrogen) atoms. The molecule has 0 radical (unpaired) electrons. The zero-order chi connectivity index (χ0) is 23.1. The molecule has 0 bridgehead atoms. The fraction of sp³-hybridized carbons (Fsp3) is 0.167. The van der Waals surface area contributed by atoms with Crippen LogP contribution in [0.25, 0.3) is 16.7 Å². The predicted molar refractivity (Wildman–Crippen MR) is 125 cm³/mol. The topological polar surface area (TPSA) is 94.4 Å². The van der Waals surface area contributed by atoms with Gasteiger partial charge in [0, 0.05) is 5.02 Å². The number of hydrogen-bond acceptors (Lipinski definition) is 5. The van der Waals surface area contributed by atoms with Gasteiger partial charge in [-0.3, -0.25) is 14.2 Å². The molecule has 8 nitrogen and oxygen atoms in total. The van der Waals surface area contributed by atoms with Gasteiger partial charge in [-0.15, -0.1) is 5.10 Å². The van der Waals surface area contributed by atoms with E-state index in [1.165, 1.54) is 4.52 Å². The summed E-state index contributed by atoms with van der Waals surface area (Å²) in [6.07, 6.45) is 0. The second-order valence-electron chi connectivity index (χ2n) is 7.88. The van der Waals surface area contributed by atoms with Crippen molar-refractivity contribution in [2.45, 2.75) is 26.9 Å². The van der Waals surface area contributed by atoms with Gasteiger partial charge in [-0.2, -0.15) is 4.98 Å². The number of halogens is 1. The summed E-state index contributed by atoms with van der Waals surface area (Å²) >= 11 is 6.00. The summed E-state index contributed by atoms with van der Waals surface area (Å²) in [5, 5.41) is 7.70. The summed E-state index contributed by atoms with van der Waals surface area (Å²) in [7, 11) is 0. The molecular formula is C24H20ClN5O3. The van der Waals surface area contributed by atoms with E-state index < -0.39 is 5.91 Å². The molecule has 0 saturated carbocycles. The number of carbonyl (C=O) groups is 1. The zero-order valence-corrected chi connectivity index (χ0v) is 18.8. The van der Waals surface area contributed by atoms with Crippen LogP contribution in [0.5, 0.6) is 0 Å². The number of aromatic nitrogens is 4. The summed E-state index contributed by atoms with van der Waals surface area (Å²) in [4.78, 5) is 30.4. The molecule has 0 spiro atoms. The van der Waals surface area contributed by atoms with Crippen molar-refractivity contribution in [3.63, 3.8) is 0 Å². The molecule has 2 aromatic carbocycles. The average molecular weight is 462 g/mol. The van der Waals surface area contributed by atoms with Crippen molar-refractivity contribution in [2.75, 3.05) is 0 Å². The van der Waals surface area contributed by atoms with Crippen LogP contribution in [-0.2, 0) is 13.1 Å². The minimum absolute atomic E-state index is 0.0819. The van der Waals surface area contributed by atoms with E-state index in [0.29, 0.717) is 28.4 Å². The molecule has 5 rings (SSSR count). The summed E-state index contributed by atoms with van der Waals surface area (Å²) in [6.45, 7) is 4.32. The lowest BCUT2D eigenvalue weighted by molar-refractivity contribution is 0.0937. The van der Waals surface area contributed by atoms with Gasteiger partial charge >= 0.3 is 0 Å². The Morgan fingerprint density at radius 1 is 1.06 bits per heavy atom. The maximum atomic E-state index is 13.4. The number of benzene rings is 2. The maximum absolute atomic E-state index is 13.4. The van der Waals surface area contributed by atoms with Gasteiger partial charge in [0.25, 0.3) is 11.5 Å². The number of nitrogens with one attached hydrogen (secondary N) is 1. The first kappa shape index (κ1) is 21.0. The number of furan rings is 1. The lowest BCUT2D eigenvalue weighted by Gasteiger charge is -2.12. The van der Waals surface area contributed by atoms with Crippen molar-refractivity contribution < 1.29 is 9.21 Å². The Kier molecular flexibility index (Phi) is 5.22. The highest BCUT2D eigenvalue weighted by Gasteiger charge is 2.19. The van der Waals surface area contributed by atoms with E-state index in [9.17, 15) is 9.59 Å². The molecule has 0 unspecified atom stereocenters. The lowest BCUT2D eigenvalue weighted by atomic mass is 10.2. The summed E-state index contributed by atoms with van der Waals surface area (Å²) in [6, 6.07) is 16.7. The Morgan fingerprint density at radius 2 is 1.85 bits per heavy atom. The van der Waals surface area contributed by atoms with Gasteiger partial charge in [0.05, 0.1) is 24.1 Å². The Labute approximate surface area is 193 Å². The van der Waals surface area contributed by atoms with Gasteiger partial charge in [-0.1, -0.05) is 29.8 Å². The number of hydrogen-bond donors (Lipinski definition) is 1. The second-order valence-corrected chi connectivity index (χ2v) is 8.31. The highest BCUT2D eigenvalue weighted by atomic mass is 35.5. The summed E-state index contributed by atoms with van der Waals surface area (Å²) < 4.78 is 8.55. The molecule has 1 N–H and O–H groups in total. The van der Waals surface area contributed by atoms with Crippen LogP contribution in [0.1, 0.15) is 33.3 Å². The van der Waals surface area contributed by atoms with Crippen molar-refractivity contribution >= 4 is 34.2 Å². The van der Waals surface area contributed by atoms with Crippen LogP contribution in [0.2, 0.25) is 5.02 Å². The number of aryl methyl sites for hydroxylation is 2. The number of carbonyl (C=O) groups excluding carboxylic acids is 1. The Morgan fingerprint density at radius 3 is 2.58 bits per heavy atom.